The van der Waals surface area contributed by atoms with Crippen molar-refractivity contribution in [3.05, 3.63) is 45.9 Å². The van der Waals surface area contributed by atoms with Gasteiger partial charge in [0.15, 0.2) is 0 Å². The number of anilines is 1. The van der Waals surface area contributed by atoms with E-state index in [2.05, 4.69) is 29.4 Å². The summed E-state index contributed by atoms with van der Waals surface area (Å²) in [6.45, 7) is 4.95. The summed E-state index contributed by atoms with van der Waals surface area (Å²) in [4.78, 5) is 4.29. The van der Waals surface area contributed by atoms with Crippen molar-refractivity contribution in [2.24, 2.45) is 0 Å². The summed E-state index contributed by atoms with van der Waals surface area (Å²) in [5, 5.41) is 6.55. The molecule has 1 aromatic carbocycles. The summed E-state index contributed by atoms with van der Waals surface area (Å²) in [6.07, 6.45) is 1.84. The molecule has 90 valence electrons. The van der Waals surface area contributed by atoms with E-state index >= 15 is 0 Å². The topological polar surface area (TPSA) is 50.9 Å². The molecule has 1 aromatic heterocycles. The van der Waals surface area contributed by atoms with E-state index in [1.807, 2.05) is 24.6 Å². The van der Waals surface area contributed by atoms with Gasteiger partial charge in [-0.2, -0.15) is 0 Å². The highest BCUT2D eigenvalue weighted by Crippen LogP contribution is 2.17. The van der Waals surface area contributed by atoms with E-state index in [4.69, 9.17) is 5.73 Å². The number of hydrogen-bond donors (Lipinski definition) is 2. The Morgan fingerprint density at radius 2 is 2.29 bits per heavy atom. The van der Waals surface area contributed by atoms with Gasteiger partial charge in [0.25, 0.3) is 0 Å². The second kappa shape index (κ2) is 5.29. The number of nitrogens with zero attached hydrogens (tertiary/aromatic N) is 1. The molecule has 4 heteroatoms. The largest absolute Gasteiger partial charge is 0.399 e. The lowest BCUT2D eigenvalue weighted by atomic mass is 10.1. The first-order chi connectivity index (χ1) is 8.16. The number of rotatable bonds is 4. The Bertz CT molecular complexity index is 479. The maximum absolute atomic E-state index is 5.88. The van der Waals surface area contributed by atoms with Crippen molar-refractivity contribution in [2.75, 3.05) is 5.73 Å². The fourth-order valence-corrected chi connectivity index (χ4v) is 2.28. The summed E-state index contributed by atoms with van der Waals surface area (Å²) in [5.41, 5.74) is 9.07. The van der Waals surface area contributed by atoms with Gasteiger partial charge in [-0.25, -0.2) is 4.98 Å². The first-order valence-electron chi connectivity index (χ1n) is 5.64. The van der Waals surface area contributed by atoms with Crippen LogP contribution in [0.1, 0.15) is 29.1 Å². The molecule has 0 fully saturated rings. The molecule has 0 aliphatic rings. The van der Waals surface area contributed by atoms with Crippen LogP contribution in [-0.2, 0) is 6.54 Å². The molecule has 1 heterocycles. The molecule has 0 aliphatic heterocycles. The molecule has 0 saturated heterocycles. The first kappa shape index (κ1) is 12.1. The summed E-state index contributed by atoms with van der Waals surface area (Å²) in [5.74, 6) is 0. The summed E-state index contributed by atoms with van der Waals surface area (Å²) >= 11 is 1.67. The SMILES string of the molecule is Cc1ccc(CNC(C)c2nccs2)cc1N. The molecular formula is C13H17N3S. The first-order valence-corrected chi connectivity index (χ1v) is 6.52. The minimum Gasteiger partial charge on any atom is -0.399 e. The third-order valence-electron chi connectivity index (χ3n) is 2.78. The number of nitrogens with one attached hydrogen (secondary N) is 1. The van der Waals surface area contributed by atoms with Gasteiger partial charge in [0.2, 0.25) is 0 Å². The molecule has 0 radical (unpaired) electrons. The number of aryl methyl sites for hydroxylation is 1. The molecule has 1 atom stereocenters. The van der Waals surface area contributed by atoms with Crippen LogP contribution in [0.2, 0.25) is 0 Å². The predicted octanol–water partition coefficient (Wildman–Crippen LogP) is 2.88. The maximum Gasteiger partial charge on any atom is 0.109 e. The van der Waals surface area contributed by atoms with Gasteiger partial charge in [-0.05, 0) is 31.0 Å². The Morgan fingerprint density at radius 3 is 2.94 bits per heavy atom. The smallest absolute Gasteiger partial charge is 0.109 e. The van der Waals surface area contributed by atoms with Crippen LogP contribution in [0.3, 0.4) is 0 Å². The third kappa shape index (κ3) is 3.05. The van der Waals surface area contributed by atoms with Crippen LogP contribution in [0.15, 0.2) is 29.8 Å². The van der Waals surface area contributed by atoms with Crippen molar-refractivity contribution in [3.8, 4) is 0 Å². The van der Waals surface area contributed by atoms with E-state index in [1.165, 1.54) is 5.56 Å². The number of nitrogens with two attached hydrogens (primary N) is 1. The predicted molar refractivity (Wildman–Crippen MR) is 73.0 cm³/mol. The number of benzene rings is 1. The molecule has 0 bridgehead atoms. The lowest BCUT2D eigenvalue weighted by molar-refractivity contribution is 0.572. The van der Waals surface area contributed by atoms with E-state index in [0.29, 0.717) is 0 Å². The highest BCUT2D eigenvalue weighted by molar-refractivity contribution is 7.09. The standard InChI is InChI=1S/C13H17N3S/c1-9-3-4-11(7-12(9)14)8-16-10(2)13-15-5-6-17-13/h3-7,10,16H,8,14H2,1-2H3. The Labute approximate surface area is 106 Å². The molecule has 17 heavy (non-hydrogen) atoms. The van der Waals surface area contributed by atoms with E-state index in [0.717, 1.165) is 22.8 Å². The molecule has 0 spiro atoms. The fourth-order valence-electron chi connectivity index (χ4n) is 1.61. The van der Waals surface area contributed by atoms with Crippen molar-refractivity contribution >= 4 is 17.0 Å². The Balaban J connectivity index is 1.96. The number of hydrogen-bond acceptors (Lipinski definition) is 4. The van der Waals surface area contributed by atoms with Crippen LogP contribution in [0, 0.1) is 6.92 Å². The van der Waals surface area contributed by atoms with Crippen molar-refractivity contribution < 1.29 is 0 Å². The second-order valence-corrected chi connectivity index (χ2v) is 5.09. The molecule has 2 aromatic rings. The monoisotopic (exact) mass is 247 g/mol. The van der Waals surface area contributed by atoms with Crippen LogP contribution in [0.5, 0.6) is 0 Å². The van der Waals surface area contributed by atoms with Crippen molar-refractivity contribution in [1.29, 1.82) is 0 Å². The van der Waals surface area contributed by atoms with Gasteiger partial charge in [0.05, 0.1) is 6.04 Å². The van der Waals surface area contributed by atoms with Gasteiger partial charge in [-0.15, -0.1) is 11.3 Å². The van der Waals surface area contributed by atoms with Gasteiger partial charge in [0, 0.05) is 23.8 Å². The molecule has 3 nitrogen and oxygen atoms in total. The number of thiazole rings is 1. The average molecular weight is 247 g/mol. The minimum atomic E-state index is 0.275. The zero-order valence-electron chi connectivity index (χ0n) is 10.1. The van der Waals surface area contributed by atoms with Gasteiger partial charge >= 0.3 is 0 Å². The number of aromatic nitrogens is 1. The summed E-state index contributed by atoms with van der Waals surface area (Å²) in [7, 11) is 0. The van der Waals surface area contributed by atoms with Crippen LogP contribution < -0.4 is 11.1 Å². The molecule has 0 aliphatic carbocycles. The summed E-state index contributed by atoms with van der Waals surface area (Å²) in [6, 6.07) is 6.46. The van der Waals surface area contributed by atoms with Crippen LogP contribution in [-0.4, -0.2) is 4.98 Å². The van der Waals surface area contributed by atoms with Crippen molar-refractivity contribution in [3.63, 3.8) is 0 Å². The highest BCUT2D eigenvalue weighted by Gasteiger charge is 2.07. The second-order valence-electron chi connectivity index (χ2n) is 4.16. The maximum atomic E-state index is 5.88. The van der Waals surface area contributed by atoms with Crippen LogP contribution in [0.4, 0.5) is 5.69 Å². The van der Waals surface area contributed by atoms with Crippen molar-refractivity contribution in [2.45, 2.75) is 26.4 Å². The van der Waals surface area contributed by atoms with Crippen molar-refractivity contribution in [1.82, 2.24) is 10.3 Å². The zero-order chi connectivity index (χ0) is 12.3. The molecular weight excluding hydrogens is 230 g/mol. The minimum absolute atomic E-state index is 0.275. The third-order valence-corrected chi connectivity index (χ3v) is 3.74. The molecule has 1 unspecified atom stereocenters. The van der Waals surface area contributed by atoms with Crippen LogP contribution >= 0.6 is 11.3 Å². The lowest BCUT2D eigenvalue weighted by Crippen LogP contribution is -2.18. The van der Waals surface area contributed by atoms with E-state index in [1.54, 1.807) is 11.3 Å². The average Bonchev–Trinajstić information content (AvgIpc) is 2.84. The van der Waals surface area contributed by atoms with Gasteiger partial charge in [-0.1, -0.05) is 12.1 Å². The van der Waals surface area contributed by atoms with Crippen LogP contribution in [0.25, 0.3) is 0 Å². The molecule has 0 saturated carbocycles. The quantitative estimate of drug-likeness (QED) is 0.817. The summed E-state index contributed by atoms with van der Waals surface area (Å²) < 4.78 is 0. The molecule has 3 N–H and O–H groups in total. The molecule has 0 amide bonds. The molecule has 2 rings (SSSR count). The Hall–Kier alpha value is -1.39. The van der Waals surface area contributed by atoms with Gasteiger partial charge in [0.1, 0.15) is 5.01 Å². The van der Waals surface area contributed by atoms with Gasteiger partial charge in [-0.3, -0.25) is 0 Å². The Morgan fingerprint density at radius 1 is 1.47 bits per heavy atom. The zero-order valence-corrected chi connectivity index (χ0v) is 10.9. The highest BCUT2D eigenvalue weighted by atomic mass is 32.1. The number of nitrogen functional groups attached to an aromatic ring is 1. The van der Waals surface area contributed by atoms with Gasteiger partial charge < -0.3 is 11.1 Å². The van der Waals surface area contributed by atoms with E-state index < -0.39 is 0 Å². The normalized spacial score (nSPS) is 12.6. The lowest BCUT2D eigenvalue weighted by Gasteiger charge is -2.12. The fraction of sp³-hybridized carbons (Fsp3) is 0.308. The van der Waals surface area contributed by atoms with E-state index in [-0.39, 0.29) is 6.04 Å². The van der Waals surface area contributed by atoms with E-state index in [9.17, 15) is 0 Å². The Kier molecular flexibility index (Phi) is 3.76.